The first-order chi connectivity index (χ1) is 10.4. The minimum atomic E-state index is -4.41. The quantitative estimate of drug-likeness (QED) is 0.808. The average molecular weight is 308 g/mol. The zero-order valence-corrected chi connectivity index (χ0v) is 11.2. The molecule has 0 fully saturated rings. The van der Waals surface area contributed by atoms with Crippen molar-refractivity contribution in [3.05, 3.63) is 53.9 Å². The first-order valence-electron chi connectivity index (χ1n) is 6.34. The molecule has 1 aromatic carbocycles. The summed E-state index contributed by atoms with van der Waals surface area (Å²) in [5.41, 5.74) is 5.52. The smallest absolute Gasteiger partial charge is 0.416 e. The number of hydrogen-bond donors (Lipinski definition) is 1. The number of nitrogen functional groups attached to an aromatic ring is 1. The molecule has 2 aromatic heterocycles. The van der Waals surface area contributed by atoms with E-state index in [2.05, 4.69) is 10.1 Å². The van der Waals surface area contributed by atoms with Crippen LogP contribution >= 0.6 is 0 Å². The number of alkyl halides is 3. The lowest BCUT2D eigenvalue weighted by atomic mass is 10.2. The van der Waals surface area contributed by atoms with Crippen LogP contribution in [0.1, 0.15) is 11.4 Å². The predicted molar refractivity (Wildman–Crippen MR) is 73.2 cm³/mol. The van der Waals surface area contributed by atoms with Crippen molar-refractivity contribution in [2.75, 3.05) is 5.73 Å². The topological polar surface area (TPSA) is 65.4 Å². The van der Waals surface area contributed by atoms with Crippen LogP contribution in [0.4, 0.5) is 19.0 Å². The van der Waals surface area contributed by atoms with Crippen LogP contribution in [0.5, 0.6) is 5.75 Å². The van der Waals surface area contributed by atoms with Gasteiger partial charge in [-0.1, -0.05) is 12.1 Å². The van der Waals surface area contributed by atoms with Crippen LogP contribution in [0, 0.1) is 0 Å². The van der Waals surface area contributed by atoms with E-state index < -0.39 is 11.7 Å². The summed E-state index contributed by atoms with van der Waals surface area (Å²) in [6.45, 7) is -0.0531. The Balaban J connectivity index is 1.78. The van der Waals surface area contributed by atoms with Crippen LogP contribution in [-0.2, 0) is 12.8 Å². The zero-order valence-electron chi connectivity index (χ0n) is 11.2. The van der Waals surface area contributed by atoms with Crippen LogP contribution in [-0.4, -0.2) is 14.6 Å². The lowest BCUT2D eigenvalue weighted by molar-refractivity contribution is -0.137. The molecular formula is C14H11F3N4O. The van der Waals surface area contributed by atoms with Crippen molar-refractivity contribution in [3.8, 4) is 5.75 Å². The second-order valence-corrected chi connectivity index (χ2v) is 4.56. The van der Waals surface area contributed by atoms with Gasteiger partial charge in [0, 0.05) is 0 Å². The Morgan fingerprint density at radius 3 is 2.64 bits per heavy atom. The molecule has 0 radical (unpaired) electrons. The monoisotopic (exact) mass is 308 g/mol. The van der Waals surface area contributed by atoms with Gasteiger partial charge in [0.15, 0.2) is 11.5 Å². The minimum Gasteiger partial charge on any atom is -0.486 e. The Hall–Kier alpha value is -2.77. The molecule has 3 rings (SSSR count). The summed E-state index contributed by atoms with van der Waals surface area (Å²) in [5.74, 6) is 0.840. The molecule has 5 nitrogen and oxygen atoms in total. The fourth-order valence-corrected chi connectivity index (χ4v) is 1.94. The van der Waals surface area contributed by atoms with Gasteiger partial charge in [-0.2, -0.15) is 17.7 Å². The second-order valence-electron chi connectivity index (χ2n) is 4.56. The lowest BCUT2D eigenvalue weighted by Gasteiger charge is -2.09. The molecule has 0 aliphatic carbocycles. The maximum absolute atomic E-state index is 12.6. The van der Waals surface area contributed by atoms with E-state index >= 15 is 0 Å². The van der Waals surface area contributed by atoms with E-state index in [9.17, 15) is 13.2 Å². The number of fused-ring (bicyclic) bond motifs is 1. The van der Waals surface area contributed by atoms with E-state index in [1.54, 1.807) is 18.2 Å². The zero-order chi connectivity index (χ0) is 15.7. The third-order valence-corrected chi connectivity index (χ3v) is 2.96. The number of halogens is 3. The summed E-state index contributed by atoms with van der Waals surface area (Å²) in [6, 6.07) is 9.76. The second kappa shape index (κ2) is 5.21. The number of hydrogen-bond acceptors (Lipinski definition) is 4. The van der Waals surface area contributed by atoms with E-state index in [0.29, 0.717) is 17.3 Å². The molecule has 0 spiro atoms. The van der Waals surface area contributed by atoms with E-state index in [1.165, 1.54) is 16.6 Å². The number of ether oxygens (including phenoxy) is 1. The third-order valence-electron chi connectivity index (χ3n) is 2.96. The van der Waals surface area contributed by atoms with E-state index in [1.807, 2.05) is 0 Å². The highest BCUT2D eigenvalue weighted by molar-refractivity contribution is 5.45. The number of anilines is 1. The number of pyridine rings is 1. The van der Waals surface area contributed by atoms with Crippen LogP contribution in [0.2, 0.25) is 0 Å². The number of nitrogens with two attached hydrogens (primary N) is 1. The van der Waals surface area contributed by atoms with Gasteiger partial charge >= 0.3 is 6.18 Å². The van der Waals surface area contributed by atoms with Crippen LogP contribution in [0.25, 0.3) is 5.65 Å². The van der Waals surface area contributed by atoms with Gasteiger partial charge in [0.25, 0.3) is 0 Å². The fourth-order valence-electron chi connectivity index (χ4n) is 1.94. The van der Waals surface area contributed by atoms with Gasteiger partial charge in [-0.25, -0.2) is 4.98 Å². The highest BCUT2D eigenvalue weighted by atomic mass is 19.4. The molecule has 0 saturated heterocycles. The molecule has 3 aromatic rings. The van der Waals surface area contributed by atoms with Gasteiger partial charge in [0.05, 0.1) is 5.56 Å². The van der Waals surface area contributed by atoms with Crippen molar-refractivity contribution < 1.29 is 17.9 Å². The SMILES string of the molecule is Nc1cccc2nc(COc3cccc(C(F)(F)F)c3)nn12. The van der Waals surface area contributed by atoms with Crippen molar-refractivity contribution in [3.63, 3.8) is 0 Å². The minimum absolute atomic E-state index is 0.0531. The normalized spacial score (nSPS) is 11.8. The van der Waals surface area contributed by atoms with Crippen molar-refractivity contribution in [2.24, 2.45) is 0 Å². The molecule has 0 bridgehead atoms. The molecule has 8 heteroatoms. The number of nitrogens with zero attached hydrogens (tertiary/aromatic N) is 3. The van der Waals surface area contributed by atoms with E-state index in [4.69, 9.17) is 10.5 Å². The standard InChI is InChI=1S/C14H11F3N4O/c15-14(16,17)9-3-1-4-10(7-9)22-8-12-19-13-6-2-5-11(18)21(13)20-12/h1-7H,8,18H2. The van der Waals surface area contributed by atoms with Crippen molar-refractivity contribution in [1.29, 1.82) is 0 Å². The van der Waals surface area contributed by atoms with Gasteiger partial charge in [-0.3, -0.25) is 0 Å². The average Bonchev–Trinajstić information content (AvgIpc) is 2.89. The molecule has 114 valence electrons. The summed E-state index contributed by atoms with van der Waals surface area (Å²) in [6.07, 6.45) is -4.41. The molecule has 0 amide bonds. The maximum atomic E-state index is 12.6. The molecular weight excluding hydrogens is 297 g/mol. The number of rotatable bonds is 3. The lowest BCUT2D eigenvalue weighted by Crippen LogP contribution is -2.05. The fraction of sp³-hybridized carbons (Fsp3) is 0.143. The van der Waals surface area contributed by atoms with Crippen molar-refractivity contribution in [2.45, 2.75) is 12.8 Å². The molecule has 0 aliphatic heterocycles. The first kappa shape index (κ1) is 14.2. The summed E-state index contributed by atoms with van der Waals surface area (Å²) >= 11 is 0. The molecule has 0 aliphatic rings. The van der Waals surface area contributed by atoms with Gasteiger partial charge in [0.1, 0.15) is 18.2 Å². The Labute approximate surface area is 123 Å². The molecule has 2 heterocycles. The van der Waals surface area contributed by atoms with Gasteiger partial charge in [-0.15, -0.1) is 5.10 Å². The Morgan fingerprint density at radius 1 is 1.14 bits per heavy atom. The summed E-state index contributed by atoms with van der Waals surface area (Å²) in [4.78, 5) is 4.18. The maximum Gasteiger partial charge on any atom is 0.416 e. The largest absolute Gasteiger partial charge is 0.486 e. The summed E-state index contributed by atoms with van der Waals surface area (Å²) < 4.78 is 44.6. The molecule has 0 unspecified atom stereocenters. The van der Waals surface area contributed by atoms with E-state index in [-0.39, 0.29) is 12.4 Å². The van der Waals surface area contributed by atoms with Gasteiger partial charge in [0.2, 0.25) is 0 Å². The van der Waals surface area contributed by atoms with Crippen LogP contribution in [0.3, 0.4) is 0 Å². The Morgan fingerprint density at radius 2 is 1.91 bits per heavy atom. The van der Waals surface area contributed by atoms with E-state index in [0.717, 1.165) is 12.1 Å². The van der Waals surface area contributed by atoms with Crippen LogP contribution in [0.15, 0.2) is 42.5 Å². The molecule has 22 heavy (non-hydrogen) atoms. The summed E-state index contributed by atoms with van der Waals surface area (Å²) in [7, 11) is 0. The van der Waals surface area contributed by atoms with Gasteiger partial charge in [-0.05, 0) is 30.3 Å². The third kappa shape index (κ3) is 2.80. The van der Waals surface area contributed by atoms with Crippen molar-refractivity contribution in [1.82, 2.24) is 14.6 Å². The molecule has 0 atom stereocenters. The molecule has 0 saturated carbocycles. The first-order valence-corrected chi connectivity index (χ1v) is 6.34. The highest BCUT2D eigenvalue weighted by Gasteiger charge is 2.30. The number of benzene rings is 1. The number of aromatic nitrogens is 3. The Kier molecular flexibility index (Phi) is 3.36. The summed E-state index contributed by atoms with van der Waals surface area (Å²) in [5, 5.41) is 4.13. The Bertz CT molecular complexity index is 813. The highest BCUT2D eigenvalue weighted by Crippen LogP contribution is 2.31. The van der Waals surface area contributed by atoms with Crippen molar-refractivity contribution >= 4 is 11.5 Å². The van der Waals surface area contributed by atoms with Gasteiger partial charge < -0.3 is 10.5 Å². The van der Waals surface area contributed by atoms with Crippen LogP contribution < -0.4 is 10.5 Å². The molecule has 2 N–H and O–H groups in total. The predicted octanol–water partition coefficient (Wildman–Crippen LogP) is 2.91.